The zero-order chi connectivity index (χ0) is 18.8. The van der Waals surface area contributed by atoms with E-state index in [0.717, 1.165) is 0 Å². The fourth-order valence-corrected chi connectivity index (χ4v) is 4.13. The number of benzene rings is 1. The molecule has 0 bridgehead atoms. The third-order valence-corrected chi connectivity index (χ3v) is 5.10. The second-order valence-electron chi connectivity index (χ2n) is 6.97. The number of halogens is 1. The molecule has 8 heteroatoms. The van der Waals surface area contributed by atoms with E-state index in [2.05, 4.69) is 5.32 Å². The fourth-order valence-electron chi connectivity index (χ4n) is 4.13. The van der Waals surface area contributed by atoms with E-state index in [1.165, 1.54) is 19.1 Å². The average Bonchev–Trinajstić information content (AvgIpc) is 3.08. The predicted octanol–water partition coefficient (Wildman–Crippen LogP) is 0.478. The molecular weight excluding hydrogens is 341 g/mol. The maximum atomic E-state index is 13.7. The van der Waals surface area contributed by atoms with Gasteiger partial charge in [0, 0.05) is 32.5 Å². The number of likely N-dealkylation sites (tertiary alicyclic amines) is 2. The van der Waals surface area contributed by atoms with Crippen molar-refractivity contribution in [3.8, 4) is 0 Å². The van der Waals surface area contributed by atoms with Gasteiger partial charge in [-0.3, -0.25) is 19.3 Å². The average molecular weight is 363 g/mol. The van der Waals surface area contributed by atoms with E-state index in [9.17, 15) is 18.8 Å². The fraction of sp³-hybridized carbons (Fsp3) is 0.500. The van der Waals surface area contributed by atoms with E-state index in [1.807, 2.05) is 4.90 Å². The van der Waals surface area contributed by atoms with E-state index in [0.29, 0.717) is 25.2 Å². The molecule has 1 aromatic carbocycles. The van der Waals surface area contributed by atoms with Crippen molar-refractivity contribution >= 4 is 17.8 Å². The van der Waals surface area contributed by atoms with Crippen LogP contribution in [0.3, 0.4) is 0 Å². The van der Waals surface area contributed by atoms with Crippen LogP contribution >= 0.6 is 0 Å². The Labute approximate surface area is 150 Å². The van der Waals surface area contributed by atoms with Gasteiger partial charge >= 0.3 is 5.97 Å². The van der Waals surface area contributed by atoms with Gasteiger partial charge in [0.1, 0.15) is 5.82 Å². The number of nitrogens with zero attached hydrogens (tertiary/aromatic N) is 2. The smallest absolute Gasteiger partial charge is 0.317 e. The highest BCUT2D eigenvalue weighted by molar-refractivity contribution is 5.84. The first-order valence-corrected chi connectivity index (χ1v) is 8.58. The van der Waals surface area contributed by atoms with E-state index in [-0.39, 0.29) is 48.6 Å². The molecule has 140 valence electrons. The van der Waals surface area contributed by atoms with Crippen LogP contribution in [0.15, 0.2) is 24.3 Å². The highest BCUT2D eigenvalue weighted by Crippen LogP contribution is 2.44. The zero-order valence-corrected chi connectivity index (χ0v) is 14.5. The largest absolute Gasteiger partial charge is 0.480 e. The lowest BCUT2D eigenvalue weighted by Crippen LogP contribution is -2.42. The van der Waals surface area contributed by atoms with Crippen LogP contribution in [-0.2, 0) is 14.4 Å². The summed E-state index contributed by atoms with van der Waals surface area (Å²) in [5.74, 6) is -1.59. The predicted molar refractivity (Wildman–Crippen MR) is 90.6 cm³/mol. The third kappa shape index (κ3) is 3.85. The van der Waals surface area contributed by atoms with Crippen LogP contribution in [0.5, 0.6) is 0 Å². The number of carboxylic acids is 1. The van der Waals surface area contributed by atoms with Crippen molar-refractivity contribution < 1.29 is 23.9 Å². The minimum Gasteiger partial charge on any atom is -0.480 e. The third-order valence-electron chi connectivity index (χ3n) is 5.10. The number of hydrogen-bond donors (Lipinski definition) is 2. The summed E-state index contributed by atoms with van der Waals surface area (Å²) in [5, 5.41) is 11.5. The number of nitrogens with one attached hydrogen (secondary N) is 1. The van der Waals surface area contributed by atoms with Gasteiger partial charge in [0.25, 0.3) is 0 Å². The van der Waals surface area contributed by atoms with Gasteiger partial charge < -0.3 is 15.3 Å². The summed E-state index contributed by atoms with van der Waals surface area (Å²) in [6, 6.07) is 5.85. The number of amides is 2. The van der Waals surface area contributed by atoms with Crippen LogP contribution in [-0.4, -0.2) is 65.4 Å². The van der Waals surface area contributed by atoms with Crippen molar-refractivity contribution in [1.29, 1.82) is 0 Å². The van der Waals surface area contributed by atoms with Crippen LogP contribution in [0, 0.1) is 17.7 Å². The summed E-state index contributed by atoms with van der Waals surface area (Å²) in [7, 11) is 0. The SMILES string of the molecule is CC(=O)NCC(=O)N1C[C@@H]2CN(CC(=O)O)C[C@@H]2[C@H]1c1cccc(F)c1. The summed E-state index contributed by atoms with van der Waals surface area (Å²) in [6.45, 7) is 2.82. The minimum absolute atomic E-state index is 0.0390. The number of carbonyl (C=O) groups excluding carboxylic acids is 2. The Kier molecular flexibility index (Phi) is 5.22. The maximum Gasteiger partial charge on any atom is 0.317 e. The Morgan fingerprint density at radius 3 is 2.69 bits per heavy atom. The molecule has 3 atom stereocenters. The highest BCUT2D eigenvalue weighted by atomic mass is 19.1. The molecule has 2 aliphatic rings. The summed E-state index contributed by atoms with van der Waals surface area (Å²) in [5.41, 5.74) is 0.700. The molecule has 3 rings (SSSR count). The first-order chi connectivity index (χ1) is 12.3. The Hall–Kier alpha value is -2.48. The molecule has 0 radical (unpaired) electrons. The summed E-state index contributed by atoms with van der Waals surface area (Å²) in [4.78, 5) is 38.3. The highest BCUT2D eigenvalue weighted by Gasteiger charge is 2.49. The Bertz CT molecular complexity index is 726. The van der Waals surface area contributed by atoms with Gasteiger partial charge in [-0.2, -0.15) is 0 Å². The van der Waals surface area contributed by atoms with Gasteiger partial charge in [0.2, 0.25) is 11.8 Å². The first-order valence-electron chi connectivity index (χ1n) is 8.58. The Morgan fingerprint density at radius 2 is 2.04 bits per heavy atom. The zero-order valence-electron chi connectivity index (χ0n) is 14.5. The molecule has 2 saturated heterocycles. The van der Waals surface area contributed by atoms with Gasteiger partial charge in [0.05, 0.1) is 19.1 Å². The standard InChI is InChI=1S/C18H22FN3O4/c1-11(23)20-6-16(24)22-8-13-7-21(10-17(25)26)9-15(13)18(22)12-3-2-4-14(19)5-12/h2-5,13,15,18H,6-10H2,1H3,(H,20,23)(H,25,26)/t13-,15-,18+/m0/s1. The quantitative estimate of drug-likeness (QED) is 0.794. The number of carboxylic acid groups (broad SMARTS) is 1. The van der Waals surface area contributed by atoms with Gasteiger partial charge in [-0.1, -0.05) is 12.1 Å². The lowest BCUT2D eigenvalue weighted by atomic mass is 9.89. The monoisotopic (exact) mass is 363 g/mol. The van der Waals surface area contributed by atoms with Gasteiger partial charge in [-0.25, -0.2) is 4.39 Å². The number of fused-ring (bicyclic) bond motifs is 1. The van der Waals surface area contributed by atoms with Crippen molar-refractivity contribution in [1.82, 2.24) is 15.1 Å². The summed E-state index contributed by atoms with van der Waals surface area (Å²) in [6.07, 6.45) is 0. The second-order valence-corrected chi connectivity index (χ2v) is 6.97. The Balaban J connectivity index is 1.83. The molecule has 2 fully saturated rings. The molecule has 2 amide bonds. The van der Waals surface area contributed by atoms with Crippen LogP contribution in [0.1, 0.15) is 18.5 Å². The molecule has 0 aromatic heterocycles. The van der Waals surface area contributed by atoms with E-state index in [1.54, 1.807) is 17.0 Å². The molecule has 0 unspecified atom stereocenters. The van der Waals surface area contributed by atoms with Crippen LogP contribution in [0.25, 0.3) is 0 Å². The molecule has 1 aromatic rings. The normalized spacial score (nSPS) is 25.2. The number of hydrogen-bond acceptors (Lipinski definition) is 4. The second kappa shape index (κ2) is 7.41. The van der Waals surface area contributed by atoms with Crippen molar-refractivity contribution in [2.24, 2.45) is 11.8 Å². The topological polar surface area (TPSA) is 90.0 Å². The summed E-state index contributed by atoms with van der Waals surface area (Å²) >= 11 is 0. The van der Waals surface area contributed by atoms with Crippen LogP contribution in [0.2, 0.25) is 0 Å². The molecule has 0 spiro atoms. The van der Waals surface area contributed by atoms with Crippen molar-refractivity contribution in [3.05, 3.63) is 35.6 Å². The minimum atomic E-state index is -0.883. The lowest BCUT2D eigenvalue weighted by molar-refractivity contribution is -0.138. The molecule has 2 aliphatic heterocycles. The van der Waals surface area contributed by atoms with Crippen molar-refractivity contribution in [2.75, 3.05) is 32.7 Å². The molecular formula is C18H22FN3O4. The first kappa shape index (κ1) is 18.3. The van der Waals surface area contributed by atoms with Gasteiger partial charge in [0.15, 0.2) is 0 Å². The summed E-state index contributed by atoms with van der Waals surface area (Å²) < 4.78 is 13.7. The van der Waals surface area contributed by atoms with Crippen molar-refractivity contribution in [3.63, 3.8) is 0 Å². The lowest BCUT2D eigenvalue weighted by Gasteiger charge is -2.30. The van der Waals surface area contributed by atoms with Crippen LogP contribution in [0.4, 0.5) is 4.39 Å². The van der Waals surface area contributed by atoms with Crippen molar-refractivity contribution in [2.45, 2.75) is 13.0 Å². The van der Waals surface area contributed by atoms with Gasteiger partial charge in [-0.15, -0.1) is 0 Å². The Morgan fingerprint density at radius 1 is 1.27 bits per heavy atom. The molecule has 7 nitrogen and oxygen atoms in total. The number of carbonyl (C=O) groups is 3. The molecule has 26 heavy (non-hydrogen) atoms. The van der Waals surface area contributed by atoms with E-state index >= 15 is 0 Å². The molecule has 0 aliphatic carbocycles. The van der Waals surface area contributed by atoms with E-state index in [4.69, 9.17) is 5.11 Å². The molecule has 2 heterocycles. The molecule has 2 N–H and O–H groups in total. The van der Waals surface area contributed by atoms with E-state index < -0.39 is 5.97 Å². The van der Waals surface area contributed by atoms with Gasteiger partial charge in [-0.05, 0) is 23.6 Å². The molecule has 0 saturated carbocycles. The maximum absolute atomic E-state index is 13.7. The number of aliphatic carboxylic acids is 1. The number of rotatable bonds is 5. The van der Waals surface area contributed by atoms with Crippen LogP contribution < -0.4 is 5.32 Å².